The van der Waals surface area contributed by atoms with Gasteiger partial charge in [-0.3, -0.25) is 9.59 Å². The number of amides is 2. The quantitative estimate of drug-likeness (QED) is 0.704. The van der Waals surface area contributed by atoms with Crippen LogP contribution < -0.4 is 16.0 Å². The summed E-state index contributed by atoms with van der Waals surface area (Å²) in [7, 11) is 0. The van der Waals surface area contributed by atoms with E-state index in [4.69, 9.17) is 0 Å². The molecular formula is C18H23ClF3N3O2. The fourth-order valence-electron chi connectivity index (χ4n) is 3.80. The molecule has 3 N–H and O–H groups in total. The van der Waals surface area contributed by atoms with Crippen molar-refractivity contribution in [3.8, 4) is 0 Å². The van der Waals surface area contributed by atoms with Crippen LogP contribution >= 0.6 is 12.4 Å². The topological polar surface area (TPSA) is 70.2 Å². The second-order valence-electron chi connectivity index (χ2n) is 7.10. The van der Waals surface area contributed by atoms with Crippen molar-refractivity contribution in [1.29, 1.82) is 0 Å². The summed E-state index contributed by atoms with van der Waals surface area (Å²) >= 11 is 0. The van der Waals surface area contributed by atoms with E-state index in [1.54, 1.807) is 0 Å². The number of alkyl halides is 3. The Bertz CT molecular complexity index is 655. The molecule has 2 aliphatic rings. The summed E-state index contributed by atoms with van der Waals surface area (Å²) in [5.74, 6) is -0.503. The predicted octanol–water partition coefficient (Wildman–Crippen LogP) is 3.26. The SMILES string of the molecule is Cl.O=C(CC1CC2CCC(C1)N2)Nc1ccc(C(=O)NCC(F)(F)F)cc1. The molecule has 1 aromatic rings. The van der Waals surface area contributed by atoms with Crippen LogP contribution in [0.4, 0.5) is 18.9 Å². The van der Waals surface area contributed by atoms with Crippen LogP contribution in [0.25, 0.3) is 0 Å². The van der Waals surface area contributed by atoms with Gasteiger partial charge in [-0.05, 0) is 55.9 Å². The van der Waals surface area contributed by atoms with Crippen molar-refractivity contribution in [2.45, 2.75) is 50.4 Å². The number of carbonyl (C=O) groups excluding carboxylic acids is 2. The lowest BCUT2D eigenvalue weighted by molar-refractivity contribution is -0.123. The molecule has 5 nitrogen and oxygen atoms in total. The normalized spacial score (nSPS) is 24.0. The fourth-order valence-corrected chi connectivity index (χ4v) is 3.80. The van der Waals surface area contributed by atoms with Crippen molar-refractivity contribution in [3.63, 3.8) is 0 Å². The summed E-state index contributed by atoms with van der Waals surface area (Å²) in [5.41, 5.74) is 0.640. The van der Waals surface area contributed by atoms with Crippen molar-refractivity contribution in [2.24, 2.45) is 5.92 Å². The molecule has 2 unspecified atom stereocenters. The minimum absolute atomic E-state index is 0. The number of piperidine rings is 1. The first-order valence-corrected chi connectivity index (χ1v) is 8.79. The summed E-state index contributed by atoms with van der Waals surface area (Å²) in [4.78, 5) is 23.9. The van der Waals surface area contributed by atoms with Gasteiger partial charge in [0.2, 0.25) is 5.91 Å². The largest absolute Gasteiger partial charge is 0.405 e. The Balaban J connectivity index is 0.00000261. The number of rotatable bonds is 5. The molecule has 2 saturated heterocycles. The smallest absolute Gasteiger partial charge is 0.343 e. The molecule has 2 amide bonds. The van der Waals surface area contributed by atoms with E-state index in [0.29, 0.717) is 30.1 Å². The lowest BCUT2D eigenvalue weighted by Gasteiger charge is -2.28. The third kappa shape index (κ3) is 6.39. The Morgan fingerprint density at radius 1 is 1.07 bits per heavy atom. The molecule has 1 aromatic carbocycles. The Morgan fingerprint density at radius 3 is 2.22 bits per heavy atom. The number of carbonyl (C=O) groups is 2. The first kappa shape index (κ1) is 21.5. The Kier molecular flexibility index (Phi) is 7.11. The van der Waals surface area contributed by atoms with Crippen molar-refractivity contribution < 1.29 is 22.8 Å². The van der Waals surface area contributed by atoms with Gasteiger partial charge in [0.05, 0.1) is 0 Å². The van der Waals surface area contributed by atoms with E-state index in [9.17, 15) is 22.8 Å². The molecule has 2 atom stereocenters. The molecule has 27 heavy (non-hydrogen) atoms. The zero-order chi connectivity index (χ0) is 18.7. The minimum atomic E-state index is -4.45. The van der Waals surface area contributed by atoms with Gasteiger partial charge in [-0.25, -0.2) is 0 Å². The van der Waals surface area contributed by atoms with Crippen molar-refractivity contribution >= 4 is 29.9 Å². The Morgan fingerprint density at radius 2 is 1.67 bits per heavy atom. The number of fused-ring (bicyclic) bond motifs is 2. The summed E-state index contributed by atoms with van der Waals surface area (Å²) in [6, 6.07) is 6.89. The van der Waals surface area contributed by atoms with Gasteiger partial charge in [0.1, 0.15) is 6.54 Å². The standard InChI is InChI=1S/C18H22F3N3O2.ClH/c19-18(20,21)10-22-17(26)12-1-3-13(4-2-12)24-16(25)9-11-7-14-5-6-15(8-11)23-14;/h1-4,11,14-15,23H,5-10H2,(H,22,26)(H,24,25);1H. The number of anilines is 1. The van der Waals surface area contributed by atoms with Crippen LogP contribution in [-0.2, 0) is 4.79 Å². The third-order valence-electron chi connectivity index (χ3n) is 4.93. The minimum Gasteiger partial charge on any atom is -0.343 e. The van der Waals surface area contributed by atoms with Crippen LogP contribution in [0.15, 0.2) is 24.3 Å². The van der Waals surface area contributed by atoms with Crippen LogP contribution in [0.5, 0.6) is 0 Å². The van der Waals surface area contributed by atoms with Crippen LogP contribution in [0, 0.1) is 5.92 Å². The summed E-state index contributed by atoms with van der Waals surface area (Å²) in [6.07, 6.45) is 0.409. The van der Waals surface area contributed by atoms with E-state index >= 15 is 0 Å². The lowest BCUT2D eigenvalue weighted by Crippen LogP contribution is -2.39. The number of hydrogen-bond donors (Lipinski definition) is 3. The van der Waals surface area contributed by atoms with E-state index in [1.807, 2.05) is 5.32 Å². The highest BCUT2D eigenvalue weighted by Gasteiger charge is 2.34. The van der Waals surface area contributed by atoms with Crippen LogP contribution in [0.3, 0.4) is 0 Å². The van der Waals surface area contributed by atoms with Crippen LogP contribution in [-0.4, -0.2) is 36.6 Å². The van der Waals surface area contributed by atoms with Gasteiger partial charge in [0.15, 0.2) is 0 Å². The van der Waals surface area contributed by atoms with Crippen LogP contribution in [0.1, 0.15) is 42.5 Å². The average molecular weight is 406 g/mol. The molecule has 0 radical (unpaired) electrons. The van der Waals surface area contributed by atoms with Gasteiger partial charge in [0.25, 0.3) is 5.91 Å². The zero-order valence-electron chi connectivity index (χ0n) is 14.6. The zero-order valence-corrected chi connectivity index (χ0v) is 15.5. The number of hydrogen-bond acceptors (Lipinski definition) is 3. The maximum absolute atomic E-state index is 12.2. The maximum atomic E-state index is 12.2. The first-order chi connectivity index (χ1) is 12.3. The van der Waals surface area contributed by atoms with Gasteiger partial charge < -0.3 is 16.0 Å². The molecule has 0 aliphatic carbocycles. The molecular weight excluding hydrogens is 383 g/mol. The monoisotopic (exact) mass is 405 g/mol. The summed E-state index contributed by atoms with van der Waals surface area (Å²) < 4.78 is 36.4. The molecule has 9 heteroatoms. The maximum Gasteiger partial charge on any atom is 0.405 e. The first-order valence-electron chi connectivity index (χ1n) is 8.79. The van der Waals surface area contributed by atoms with E-state index in [2.05, 4.69) is 10.6 Å². The molecule has 0 spiro atoms. The van der Waals surface area contributed by atoms with E-state index in [1.165, 1.54) is 37.1 Å². The van der Waals surface area contributed by atoms with Gasteiger partial charge >= 0.3 is 6.18 Å². The Hall–Kier alpha value is -1.80. The molecule has 0 aromatic heterocycles. The highest BCUT2D eigenvalue weighted by atomic mass is 35.5. The number of halogens is 4. The molecule has 150 valence electrons. The van der Waals surface area contributed by atoms with E-state index in [-0.39, 0.29) is 23.9 Å². The van der Waals surface area contributed by atoms with Crippen molar-refractivity contribution in [2.75, 3.05) is 11.9 Å². The van der Waals surface area contributed by atoms with Gasteiger partial charge in [-0.1, -0.05) is 0 Å². The van der Waals surface area contributed by atoms with E-state index in [0.717, 1.165) is 12.8 Å². The Labute approximate surface area is 161 Å². The summed E-state index contributed by atoms with van der Waals surface area (Å²) in [5, 5.41) is 8.14. The van der Waals surface area contributed by atoms with Gasteiger partial charge in [0, 0.05) is 29.8 Å². The average Bonchev–Trinajstić information content (AvgIpc) is 2.91. The second kappa shape index (κ2) is 8.93. The molecule has 2 bridgehead atoms. The van der Waals surface area contributed by atoms with Gasteiger partial charge in [-0.15, -0.1) is 12.4 Å². The molecule has 2 aliphatic heterocycles. The van der Waals surface area contributed by atoms with Gasteiger partial charge in [-0.2, -0.15) is 13.2 Å². The third-order valence-corrected chi connectivity index (χ3v) is 4.93. The van der Waals surface area contributed by atoms with Crippen molar-refractivity contribution in [3.05, 3.63) is 29.8 Å². The number of benzene rings is 1. The number of nitrogens with one attached hydrogen (secondary N) is 3. The second-order valence-corrected chi connectivity index (χ2v) is 7.10. The lowest BCUT2D eigenvalue weighted by atomic mass is 9.89. The molecule has 0 saturated carbocycles. The highest BCUT2D eigenvalue weighted by molar-refractivity contribution is 5.95. The fraction of sp³-hybridized carbons (Fsp3) is 0.556. The predicted molar refractivity (Wildman–Crippen MR) is 98.0 cm³/mol. The van der Waals surface area contributed by atoms with Crippen LogP contribution in [0.2, 0.25) is 0 Å². The van der Waals surface area contributed by atoms with E-state index < -0.39 is 18.6 Å². The molecule has 3 rings (SSSR count). The molecule has 2 fully saturated rings. The molecule has 2 heterocycles. The van der Waals surface area contributed by atoms with Crippen molar-refractivity contribution in [1.82, 2.24) is 10.6 Å². The summed E-state index contributed by atoms with van der Waals surface area (Å²) in [6.45, 7) is -1.37. The highest BCUT2D eigenvalue weighted by Crippen LogP contribution is 2.32.